The first kappa shape index (κ1) is 14.0. The molecule has 1 aliphatic carbocycles. The molecule has 1 heterocycles. The van der Waals surface area contributed by atoms with Gasteiger partial charge in [-0.15, -0.1) is 11.3 Å². The minimum Gasteiger partial charge on any atom is -0.315 e. The molecule has 1 aliphatic rings. The van der Waals surface area contributed by atoms with Crippen molar-refractivity contribution in [2.45, 2.75) is 52.2 Å². The lowest BCUT2D eigenvalue weighted by Gasteiger charge is -2.29. The van der Waals surface area contributed by atoms with E-state index in [9.17, 15) is 0 Å². The van der Waals surface area contributed by atoms with Crippen molar-refractivity contribution in [2.24, 2.45) is 5.92 Å². The van der Waals surface area contributed by atoms with Crippen molar-refractivity contribution in [3.63, 3.8) is 0 Å². The topological polar surface area (TPSA) is 15.3 Å². The number of rotatable bonds is 8. The van der Waals surface area contributed by atoms with Gasteiger partial charge in [0.15, 0.2) is 0 Å². The Morgan fingerprint density at radius 1 is 1.33 bits per heavy atom. The molecule has 1 unspecified atom stereocenters. The first-order valence-corrected chi connectivity index (χ1v) is 8.03. The predicted octanol–water partition coefficient (Wildman–Crippen LogP) is 3.35. The fraction of sp³-hybridized carbons (Fsp3) is 0.733. The van der Waals surface area contributed by atoms with Crippen LogP contribution in [0.1, 0.15) is 38.5 Å². The van der Waals surface area contributed by atoms with E-state index in [0.29, 0.717) is 6.04 Å². The lowest BCUT2D eigenvalue weighted by atomic mass is 10.2. The minimum absolute atomic E-state index is 0.637. The van der Waals surface area contributed by atoms with E-state index < -0.39 is 0 Å². The highest BCUT2D eigenvalue weighted by atomic mass is 32.1. The third-order valence-corrected chi connectivity index (χ3v) is 4.35. The van der Waals surface area contributed by atoms with E-state index in [0.717, 1.165) is 31.6 Å². The van der Waals surface area contributed by atoms with Gasteiger partial charge < -0.3 is 5.32 Å². The van der Waals surface area contributed by atoms with Gasteiger partial charge in [0.1, 0.15) is 0 Å². The maximum atomic E-state index is 3.59. The van der Waals surface area contributed by atoms with E-state index in [1.807, 2.05) is 11.3 Å². The van der Waals surface area contributed by atoms with E-state index in [1.165, 1.54) is 17.7 Å². The summed E-state index contributed by atoms with van der Waals surface area (Å²) in [5.74, 6) is 0.740. The van der Waals surface area contributed by atoms with E-state index in [1.54, 1.807) is 0 Å². The molecular weight excluding hydrogens is 240 g/mol. The predicted molar refractivity (Wildman–Crippen MR) is 80.1 cm³/mol. The van der Waals surface area contributed by atoms with Gasteiger partial charge in [-0.2, -0.15) is 0 Å². The van der Waals surface area contributed by atoms with Crippen LogP contribution in [-0.4, -0.2) is 30.1 Å². The van der Waals surface area contributed by atoms with Crippen molar-refractivity contribution in [3.05, 3.63) is 22.4 Å². The van der Waals surface area contributed by atoms with Crippen molar-refractivity contribution >= 4 is 11.3 Å². The Kier molecular flexibility index (Phi) is 5.22. The molecule has 0 spiro atoms. The largest absolute Gasteiger partial charge is 0.315 e. The monoisotopic (exact) mass is 266 g/mol. The SMILES string of the molecule is CC(C)CNCC(C)N(Cc1cccs1)C1CC1. The Hall–Kier alpha value is -0.380. The first-order valence-electron chi connectivity index (χ1n) is 7.15. The maximum absolute atomic E-state index is 3.59. The Bertz CT molecular complexity index is 330. The van der Waals surface area contributed by atoms with Crippen LogP contribution in [0.5, 0.6) is 0 Å². The van der Waals surface area contributed by atoms with Gasteiger partial charge in [-0.25, -0.2) is 0 Å². The van der Waals surface area contributed by atoms with Crippen molar-refractivity contribution in [1.82, 2.24) is 10.2 Å². The number of nitrogens with one attached hydrogen (secondary N) is 1. The molecular formula is C15H26N2S. The summed E-state index contributed by atoms with van der Waals surface area (Å²) < 4.78 is 0. The molecule has 102 valence electrons. The zero-order valence-electron chi connectivity index (χ0n) is 11.9. The van der Waals surface area contributed by atoms with Gasteiger partial charge in [0, 0.05) is 30.1 Å². The smallest absolute Gasteiger partial charge is 0.0334 e. The van der Waals surface area contributed by atoms with E-state index in [4.69, 9.17) is 0 Å². The Balaban J connectivity index is 1.81. The Morgan fingerprint density at radius 2 is 2.11 bits per heavy atom. The van der Waals surface area contributed by atoms with Crippen LogP contribution in [0.25, 0.3) is 0 Å². The second-order valence-electron chi connectivity index (χ2n) is 5.88. The zero-order chi connectivity index (χ0) is 13.0. The summed E-state index contributed by atoms with van der Waals surface area (Å²) in [5.41, 5.74) is 0. The highest BCUT2D eigenvalue weighted by Crippen LogP contribution is 2.30. The van der Waals surface area contributed by atoms with Crippen LogP contribution in [0.4, 0.5) is 0 Å². The fourth-order valence-electron chi connectivity index (χ4n) is 2.33. The Morgan fingerprint density at radius 3 is 2.67 bits per heavy atom. The van der Waals surface area contributed by atoms with Crippen molar-refractivity contribution in [3.8, 4) is 0 Å². The van der Waals surface area contributed by atoms with Crippen LogP contribution in [0, 0.1) is 5.92 Å². The van der Waals surface area contributed by atoms with E-state index >= 15 is 0 Å². The van der Waals surface area contributed by atoms with Gasteiger partial charge in [-0.1, -0.05) is 19.9 Å². The lowest BCUT2D eigenvalue weighted by Crippen LogP contribution is -2.42. The first-order chi connectivity index (χ1) is 8.66. The average molecular weight is 266 g/mol. The second kappa shape index (κ2) is 6.69. The van der Waals surface area contributed by atoms with Gasteiger partial charge in [-0.3, -0.25) is 4.90 Å². The van der Waals surface area contributed by atoms with Crippen LogP contribution in [0.2, 0.25) is 0 Å². The summed E-state index contributed by atoms with van der Waals surface area (Å²) in [7, 11) is 0. The number of hydrogen-bond donors (Lipinski definition) is 1. The molecule has 1 aromatic heterocycles. The van der Waals surface area contributed by atoms with E-state index in [-0.39, 0.29) is 0 Å². The maximum Gasteiger partial charge on any atom is 0.0334 e. The molecule has 1 N–H and O–H groups in total. The van der Waals surface area contributed by atoms with Crippen molar-refractivity contribution in [1.29, 1.82) is 0 Å². The molecule has 0 aliphatic heterocycles. The number of thiophene rings is 1. The fourth-order valence-corrected chi connectivity index (χ4v) is 3.04. The average Bonchev–Trinajstić information content (AvgIpc) is 3.02. The van der Waals surface area contributed by atoms with Gasteiger partial charge >= 0.3 is 0 Å². The third-order valence-electron chi connectivity index (χ3n) is 3.49. The molecule has 3 heteroatoms. The van der Waals surface area contributed by atoms with E-state index in [2.05, 4.69) is 48.5 Å². The van der Waals surface area contributed by atoms with Gasteiger partial charge in [0.05, 0.1) is 0 Å². The summed E-state index contributed by atoms with van der Waals surface area (Å²) in [6, 6.07) is 5.89. The molecule has 2 rings (SSSR count). The summed E-state index contributed by atoms with van der Waals surface area (Å²) in [5, 5.41) is 5.77. The molecule has 1 atom stereocenters. The summed E-state index contributed by atoms with van der Waals surface area (Å²) >= 11 is 1.88. The summed E-state index contributed by atoms with van der Waals surface area (Å²) in [6.45, 7) is 10.3. The number of nitrogens with zero attached hydrogens (tertiary/aromatic N) is 1. The quantitative estimate of drug-likeness (QED) is 0.776. The number of hydrogen-bond acceptors (Lipinski definition) is 3. The van der Waals surface area contributed by atoms with Crippen molar-refractivity contribution < 1.29 is 0 Å². The van der Waals surface area contributed by atoms with Crippen LogP contribution < -0.4 is 5.32 Å². The highest BCUT2D eigenvalue weighted by Gasteiger charge is 2.32. The second-order valence-corrected chi connectivity index (χ2v) is 6.92. The lowest BCUT2D eigenvalue weighted by molar-refractivity contribution is 0.186. The van der Waals surface area contributed by atoms with Crippen LogP contribution >= 0.6 is 11.3 Å². The van der Waals surface area contributed by atoms with Crippen LogP contribution in [0.3, 0.4) is 0 Å². The van der Waals surface area contributed by atoms with Crippen LogP contribution in [-0.2, 0) is 6.54 Å². The molecule has 0 saturated heterocycles. The molecule has 18 heavy (non-hydrogen) atoms. The standard InChI is InChI=1S/C15H26N2S/c1-12(2)9-16-10-13(3)17(14-6-7-14)11-15-5-4-8-18-15/h4-5,8,12-14,16H,6-7,9-11H2,1-3H3. The van der Waals surface area contributed by atoms with Crippen LogP contribution in [0.15, 0.2) is 17.5 Å². The molecule has 1 saturated carbocycles. The Labute approximate surface area is 115 Å². The minimum atomic E-state index is 0.637. The molecule has 0 amide bonds. The summed E-state index contributed by atoms with van der Waals surface area (Å²) in [6.07, 6.45) is 2.78. The molecule has 0 aromatic carbocycles. The molecule has 0 radical (unpaired) electrons. The molecule has 1 aromatic rings. The highest BCUT2D eigenvalue weighted by molar-refractivity contribution is 7.09. The van der Waals surface area contributed by atoms with Gasteiger partial charge in [0.2, 0.25) is 0 Å². The zero-order valence-corrected chi connectivity index (χ0v) is 12.7. The van der Waals surface area contributed by atoms with Gasteiger partial charge in [-0.05, 0) is 43.7 Å². The summed E-state index contributed by atoms with van der Waals surface area (Å²) in [4.78, 5) is 4.18. The normalized spacial score (nSPS) is 17.6. The molecule has 0 bridgehead atoms. The third kappa shape index (κ3) is 4.38. The molecule has 1 fully saturated rings. The van der Waals surface area contributed by atoms with Crippen molar-refractivity contribution in [2.75, 3.05) is 13.1 Å². The molecule has 2 nitrogen and oxygen atoms in total. The van der Waals surface area contributed by atoms with Gasteiger partial charge in [0.25, 0.3) is 0 Å².